The number of rotatable bonds is 7. The summed E-state index contributed by atoms with van der Waals surface area (Å²) >= 11 is 0. The number of ether oxygens (including phenoxy) is 1. The Hall–Kier alpha value is -4.18. The van der Waals surface area contributed by atoms with Gasteiger partial charge in [0.05, 0.1) is 0 Å². The SMILES string of the molecule is CN(OCC(=O)O)C(=O)c1cc(NC(=O)OCC2c3ccccc3-c3ccccc32)nn1C. The highest BCUT2D eigenvalue weighted by Gasteiger charge is 2.29. The third-order valence-electron chi connectivity index (χ3n) is 5.34. The van der Waals surface area contributed by atoms with Crippen LogP contribution in [0.4, 0.5) is 10.6 Å². The van der Waals surface area contributed by atoms with Crippen LogP contribution in [0.25, 0.3) is 11.1 Å². The molecule has 33 heavy (non-hydrogen) atoms. The van der Waals surface area contributed by atoms with E-state index in [1.54, 1.807) is 0 Å². The summed E-state index contributed by atoms with van der Waals surface area (Å²) in [6.07, 6.45) is -0.704. The van der Waals surface area contributed by atoms with Crippen molar-refractivity contribution < 1.29 is 29.1 Å². The number of nitrogens with zero attached hydrogens (tertiary/aromatic N) is 3. The molecule has 0 unspecified atom stereocenters. The molecule has 0 fully saturated rings. The van der Waals surface area contributed by atoms with Gasteiger partial charge in [0.2, 0.25) is 0 Å². The molecule has 2 aromatic carbocycles. The summed E-state index contributed by atoms with van der Waals surface area (Å²) in [6, 6.07) is 17.4. The highest BCUT2D eigenvalue weighted by molar-refractivity contribution is 5.94. The molecule has 0 spiro atoms. The van der Waals surface area contributed by atoms with Crippen LogP contribution in [0.15, 0.2) is 54.6 Å². The molecule has 0 radical (unpaired) electrons. The normalized spacial score (nSPS) is 12.1. The van der Waals surface area contributed by atoms with E-state index >= 15 is 0 Å². The average molecular weight is 450 g/mol. The van der Waals surface area contributed by atoms with Crippen molar-refractivity contribution in [3.63, 3.8) is 0 Å². The Balaban J connectivity index is 1.40. The van der Waals surface area contributed by atoms with Gasteiger partial charge >= 0.3 is 12.1 Å². The Bertz CT molecular complexity index is 1180. The number of hydroxylamine groups is 2. The Morgan fingerprint density at radius 1 is 1.09 bits per heavy atom. The topological polar surface area (TPSA) is 123 Å². The van der Waals surface area contributed by atoms with Gasteiger partial charge < -0.3 is 9.84 Å². The molecular weight excluding hydrogens is 428 g/mol. The highest BCUT2D eigenvalue weighted by Crippen LogP contribution is 2.44. The lowest BCUT2D eigenvalue weighted by molar-refractivity contribution is -0.159. The van der Waals surface area contributed by atoms with Crippen LogP contribution in [-0.4, -0.2) is 58.2 Å². The molecule has 0 bridgehead atoms. The number of carbonyl (C=O) groups is 3. The number of aromatic nitrogens is 2. The second-order valence-corrected chi connectivity index (χ2v) is 7.46. The number of hydrogen-bond acceptors (Lipinski definition) is 6. The van der Waals surface area contributed by atoms with E-state index in [4.69, 9.17) is 14.7 Å². The van der Waals surface area contributed by atoms with E-state index in [-0.39, 0.29) is 24.0 Å². The van der Waals surface area contributed by atoms with Crippen molar-refractivity contribution in [3.8, 4) is 11.1 Å². The predicted octanol–water partition coefficient (Wildman–Crippen LogP) is 2.87. The molecule has 1 aromatic heterocycles. The van der Waals surface area contributed by atoms with Gasteiger partial charge in [-0.25, -0.2) is 14.7 Å². The van der Waals surface area contributed by atoms with E-state index in [9.17, 15) is 14.4 Å². The molecule has 0 saturated heterocycles. The molecule has 0 atom stereocenters. The lowest BCUT2D eigenvalue weighted by Gasteiger charge is -2.14. The van der Waals surface area contributed by atoms with E-state index in [1.165, 1.54) is 24.8 Å². The van der Waals surface area contributed by atoms with Crippen molar-refractivity contribution in [1.82, 2.24) is 14.8 Å². The first-order chi connectivity index (χ1) is 15.8. The average Bonchev–Trinajstić information content (AvgIpc) is 3.32. The number of hydrogen-bond donors (Lipinski definition) is 2. The monoisotopic (exact) mass is 450 g/mol. The molecule has 4 rings (SSSR count). The molecular formula is C23H22N4O6. The first-order valence-electron chi connectivity index (χ1n) is 10.1. The second-order valence-electron chi connectivity index (χ2n) is 7.46. The van der Waals surface area contributed by atoms with Gasteiger partial charge in [-0.2, -0.15) is 5.10 Å². The van der Waals surface area contributed by atoms with Crippen LogP contribution < -0.4 is 5.32 Å². The summed E-state index contributed by atoms with van der Waals surface area (Å²) in [5.41, 5.74) is 4.55. The number of carboxylic acid groups (broad SMARTS) is 1. The smallest absolute Gasteiger partial charge is 0.412 e. The minimum atomic E-state index is -1.21. The third-order valence-corrected chi connectivity index (χ3v) is 5.34. The number of carbonyl (C=O) groups excluding carboxylic acids is 2. The van der Waals surface area contributed by atoms with Crippen molar-refractivity contribution in [2.45, 2.75) is 5.92 Å². The molecule has 1 aliphatic carbocycles. The molecule has 0 aliphatic heterocycles. The Morgan fingerprint density at radius 2 is 1.70 bits per heavy atom. The number of fused-ring (bicyclic) bond motifs is 3. The summed E-state index contributed by atoms with van der Waals surface area (Å²) in [5.74, 6) is -1.79. The molecule has 2 N–H and O–H groups in total. The van der Waals surface area contributed by atoms with Gasteiger partial charge in [-0.1, -0.05) is 48.5 Å². The molecule has 0 saturated carbocycles. The zero-order valence-corrected chi connectivity index (χ0v) is 18.0. The number of benzene rings is 2. The lowest BCUT2D eigenvalue weighted by Crippen LogP contribution is -2.30. The Morgan fingerprint density at radius 3 is 2.30 bits per heavy atom. The predicted molar refractivity (Wildman–Crippen MR) is 118 cm³/mol. The van der Waals surface area contributed by atoms with Crippen LogP contribution >= 0.6 is 0 Å². The van der Waals surface area contributed by atoms with Gasteiger partial charge in [0.1, 0.15) is 12.3 Å². The van der Waals surface area contributed by atoms with Crippen molar-refractivity contribution >= 4 is 23.8 Å². The fourth-order valence-corrected chi connectivity index (χ4v) is 3.84. The first kappa shape index (κ1) is 22.0. The molecule has 2 amide bonds. The summed E-state index contributed by atoms with van der Waals surface area (Å²) in [5, 5.41) is 16.1. The quantitative estimate of drug-likeness (QED) is 0.531. The lowest BCUT2D eigenvalue weighted by atomic mass is 9.98. The fourth-order valence-electron chi connectivity index (χ4n) is 3.84. The fraction of sp³-hybridized carbons (Fsp3) is 0.217. The zero-order valence-electron chi connectivity index (χ0n) is 18.0. The molecule has 1 heterocycles. The highest BCUT2D eigenvalue weighted by atomic mass is 16.7. The van der Waals surface area contributed by atoms with E-state index in [0.717, 1.165) is 27.3 Å². The van der Waals surface area contributed by atoms with Crippen molar-refractivity contribution in [3.05, 3.63) is 71.4 Å². The molecule has 10 heteroatoms. The van der Waals surface area contributed by atoms with Gasteiger partial charge in [0.15, 0.2) is 12.4 Å². The second kappa shape index (κ2) is 9.13. The maximum Gasteiger partial charge on any atom is 0.412 e. The molecule has 3 aromatic rings. The van der Waals surface area contributed by atoms with Crippen LogP contribution in [-0.2, 0) is 21.4 Å². The van der Waals surface area contributed by atoms with Crippen molar-refractivity contribution in [2.24, 2.45) is 7.05 Å². The number of aliphatic carboxylic acids is 1. The van der Waals surface area contributed by atoms with Crippen LogP contribution in [0.3, 0.4) is 0 Å². The summed E-state index contributed by atoms with van der Waals surface area (Å²) in [4.78, 5) is 40.3. The number of anilines is 1. The minimum Gasteiger partial charge on any atom is -0.479 e. The standard InChI is InChI=1S/C23H22N4O6/c1-26-19(22(30)27(2)33-13-21(28)29)11-20(25-26)24-23(31)32-12-18-16-9-5-3-7-14(16)15-8-4-6-10-17(15)18/h3-11,18H,12-13H2,1-2H3,(H,28,29)(H,24,25,31). The number of amides is 2. The maximum absolute atomic E-state index is 12.4. The zero-order chi connectivity index (χ0) is 23.5. The minimum absolute atomic E-state index is 0.0796. The summed E-state index contributed by atoms with van der Waals surface area (Å²) in [6.45, 7) is -0.519. The van der Waals surface area contributed by atoms with E-state index in [0.29, 0.717) is 0 Å². The molecule has 170 valence electrons. The van der Waals surface area contributed by atoms with Crippen molar-refractivity contribution in [1.29, 1.82) is 0 Å². The van der Waals surface area contributed by atoms with Gasteiger partial charge in [-0.15, -0.1) is 0 Å². The van der Waals surface area contributed by atoms with Crippen LogP contribution in [0.1, 0.15) is 27.5 Å². The number of aryl methyl sites for hydroxylation is 1. The molecule has 10 nitrogen and oxygen atoms in total. The van der Waals surface area contributed by atoms with Gasteiger partial charge in [0, 0.05) is 26.1 Å². The largest absolute Gasteiger partial charge is 0.479 e. The molecule has 1 aliphatic rings. The number of carboxylic acids is 1. The van der Waals surface area contributed by atoms with E-state index in [1.807, 2.05) is 36.4 Å². The van der Waals surface area contributed by atoms with Crippen LogP contribution in [0.5, 0.6) is 0 Å². The van der Waals surface area contributed by atoms with Crippen molar-refractivity contribution in [2.75, 3.05) is 25.6 Å². The van der Waals surface area contributed by atoms with Gasteiger partial charge in [-0.3, -0.25) is 19.6 Å². The van der Waals surface area contributed by atoms with Gasteiger partial charge in [-0.05, 0) is 22.3 Å². The Labute approximate surface area is 189 Å². The Kier molecular flexibility index (Phi) is 6.09. The van der Waals surface area contributed by atoms with Crippen LogP contribution in [0, 0.1) is 0 Å². The third kappa shape index (κ3) is 4.55. The van der Waals surface area contributed by atoms with E-state index < -0.39 is 24.6 Å². The summed E-state index contributed by atoms with van der Waals surface area (Å²) in [7, 11) is 2.80. The van der Waals surface area contributed by atoms with Crippen LogP contribution in [0.2, 0.25) is 0 Å². The summed E-state index contributed by atoms with van der Waals surface area (Å²) < 4.78 is 6.73. The van der Waals surface area contributed by atoms with E-state index in [2.05, 4.69) is 22.5 Å². The van der Waals surface area contributed by atoms with Gasteiger partial charge in [0.25, 0.3) is 5.91 Å². The number of nitrogens with one attached hydrogen (secondary N) is 1. The first-order valence-corrected chi connectivity index (χ1v) is 10.1. The maximum atomic E-state index is 12.4.